The molecule has 1 radical (unpaired) electrons. The molecule has 0 saturated heterocycles. The Kier molecular flexibility index (Phi) is 9.65. The Morgan fingerprint density at radius 3 is 2.16 bits per heavy atom. The molecule has 44 heavy (non-hydrogen) atoms. The van der Waals surface area contributed by atoms with Crippen molar-refractivity contribution in [3.05, 3.63) is 120 Å². The van der Waals surface area contributed by atoms with Crippen molar-refractivity contribution in [2.75, 3.05) is 0 Å². The van der Waals surface area contributed by atoms with E-state index in [1.165, 1.54) is 69.4 Å². The number of hydrogen-bond acceptors (Lipinski definition) is 3. The van der Waals surface area contributed by atoms with Crippen LogP contribution in [-0.4, -0.2) is 23.9 Å². The molecule has 227 valence electrons. The molecule has 5 heteroatoms. The summed E-state index contributed by atoms with van der Waals surface area (Å²) < 4.78 is 0. The second kappa shape index (κ2) is 12.8. The maximum Gasteiger partial charge on any atom is 0.155 e. The predicted octanol–water partition coefficient (Wildman–Crippen LogP) is 9.56. The van der Waals surface area contributed by atoms with E-state index in [1.807, 2.05) is 6.20 Å². The standard InChI is InChI=1S/C34H32NSi.C5H8O2.Ir/c1-22-19-26(20-25-9-7-8-10-28(22)25)33-32-30(17-18-35-33)29-16-13-24(21-31(29)34(32,2)3)23-11-14-27(15-12-23)36(4,5)6;1-4(6)3-5(2)7;/h7-19,21H,1-6H3;3,6H,1-2H3;/q-1;;/b;4-3-;. The Morgan fingerprint density at radius 2 is 1.55 bits per heavy atom. The Labute approximate surface area is 276 Å². The average Bonchev–Trinajstić information content (AvgIpc) is 3.18. The van der Waals surface area contributed by atoms with E-state index >= 15 is 0 Å². The summed E-state index contributed by atoms with van der Waals surface area (Å²) in [5.74, 6) is -0.0625. The van der Waals surface area contributed by atoms with Crippen LogP contribution in [0.1, 0.15) is 44.4 Å². The number of ketones is 1. The minimum absolute atomic E-state index is 0. The van der Waals surface area contributed by atoms with Gasteiger partial charge in [0, 0.05) is 43.5 Å². The molecule has 6 rings (SSSR count). The van der Waals surface area contributed by atoms with E-state index in [1.54, 1.807) is 0 Å². The number of nitrogens with zero attached hydrogens (tertiary/aromatic N) is 1. The smallest absolute Gasteiger partial charge is 0.155 e. The monoisotopic (exact) mass is 775 g/mol. The number of rotatable bonds is 4. The van der Waals surface area contributed by atoms with Crippen LogP contribution in [0.15, 0.2) is 96.9 Å². The molecule has 1 aliphatic carbocycles. The second-order valence-corrected chi connectivity index (χ2v) is 18.2. The molecule has 5 aromatic rings. The van der Waals surface area contributed by atoms with Crippen molar-refractivity contribution in [3.8, 4) is 33.5 Å². The Balaban J connectivity index is 0.000000497. The van der Waals surface area contributed by atoms with Crippen LogP contribution in [0.25, 0.3) is 44.3 Å². The Hall–Kier alpha value is -3.63. The zero-order chi connectivity index (χ0) is 31.1. The number of aliphatic hydroxyl groups is 1. The molecular weight excluding hydrogens is 735 g/mol. The van der Waals surface area contributed by atoms with Gasteiger partial charge in [-0.15, -0.1) is 29.1 Å². The molecule has 1 aromatic heterocycles. The van der Waals surface area contributed by atoms with Gasteiger partial charge in [0.25, 0.3) is 0 Å². The van der Waals surface area contributed by atoms with Crippen molar-refractivity contribution in [3.63, 3.8) is 0 Å². The zero-order valence-electron chi connectivity index (χ0n) is 26.8. The number of hydrogen-bond donors (Lipinski definition) is 1. The minimum atomic E-state index is -1.31. The third-order valence-corrected chi connectivity index (χ3v) is 10.4. The van der Waals surface area contributed by atoms with E-state index in [2.05, 4.69) is 125 Å². The van der Waals surface area contributed by atoms with Crippen LogP contribution in [0, 0.1) is 13.0 Å². The second-order valence-electron chi connectivity index (χ2n) is 13.1. The van der Waals surface area contributed by atoms with Gasteiger partial charge in [0.05, 0.1) is 13.8 Å². The topological polar surface area (TPSA) is 50.2 Å². The van der Waals surface area contributed by atoms with Crippen molar-refractivity contribution in [2.45, 2.75) is 59.7 Å². The molecule has 0 spiro atoms. The van der Waals surface area contributed by atoms with E-state index in [4.69, 9.17) is 10.1 Å². The van der Waals surface area contributed by atoms with Crippen LogP contribution in [0.3, 0.4) is 0 Å². The predicted molar refractivity (Wildman–Crippen MR) is 184 cm³/mol. The summed E-state index contributed by atoms with van der Waals surface area (Å²) in [7, 11) is -1.31. The van der Waals surface area contributed by atoms with Gasteiger partial charge in [-0.1, -0.05) is 111 Å². The van der Waals surface area contributed by atoms with E-state index in [0.717, 1.165) is 16.6 Å². The molecule has 1 aliphatic rings. The van der Waals surface area contributed by atoms with Crippen molar-refractivity contribution in [1.82, 2.24) is 4.98 Å². The average molecular weight is 775 g/mol. The summed E-state index contributed by atoms with van der Waals surface area (Å²) >= 11 is 0. The quantitative estimate of drug-likeness (QED) is 0.0857. The summed E-state index contributed by atoms with van der Waals surface area (Å²) in [5.41, 5.74) is 11.1. The zero-order valence-corrected chi connectivity index (χ0v) is 30.2. The van der Waals surface area contributed by atoms with Crippen LogP contribution in [0.5, 0.6) is 0 Å². The molecule has 0 amide bonds. The Bertz CT molecular complexity index is 1880. The molecule has 3 nitrogen and oxygen atoms in total. The first-order chi connectivity index (χ1) is 20.3. The normalized spacial score (nSPS) is 13.3. The van der Waals surface area contributed by atoms with Crippen LogP contribution >= 0.6 is 0 Å². The van der Waals surface area contributed by atoms with Crippen LogP contribution in [0.4, 0.5) is 0 Å². The minimum Gasteiger partial charge on any atom is -0.512 e. The third kappa shape index (κ3) is 6.56. The van der Waals surface area contributed by atoms with Gasteiger partial charge in [-0.25, -0.2) is 0 Å². The van der Waals surface area contributed by atoms with E-state index in [9.17, 15) is 4.79 Å². The van der Waals surface area contributed by atoms with E-state index in [0.29, 0.717) is 0 Å². The van der Waals surface area contributed by atoms with Crippen molar-refractivity contribution < 1.29 is 30.0 Å². The number of aliphatic hydroxyl groups excluding tert-OH is 1. The van der Waals surface area contributed by atoms with Gasteiger partial charge in [-0.3, -0.25) is 9.78 Å². The molecule has 1 N–H and O–H groups in total. The molecule has 0 bridgehead atoms. The van der Waals surface area contributed by atoms with Gasteiger partial charge >= 0.3 is 0 Å². The summed E-state index contributed by atoms with van der Waals surface area (Å²) in [6.07, 6.45) is 3.13. The molecule has 0 fully saturated rings. The summed E-state index contributed by atoms with van der Waals surface area (Å²) in [6, 6.07) is 32.8. The number of aryl methyl sites for hydroxylation is 1. The van der Waals surface area contributed by atoms with Gasteiger partial charge in [-0.2, -0.15) is 0 Å². The summed E-state index contributed by atoms with van der Waals surface area (Å²) in [6.45, 7) is 16.9. The van der Waals surface area contributed by atoms with Crippen LogP contribution in [0.2, 0.25) is 19.6 Å². The van der Waals surface area contributed by atoms with E-state index < -0.39 is 8.07 Å². The summed E-state index contributed by atoms with van der Waals surface area (Å²) in [5, 5.41) is 12.3. The van der Waals surface area contributed by atoms with Gasteiger partial charge < -0.3 is 5.11 Å². The number of benzene rings is 4. The molecule has 0 unspecified atom stereocenters. The van der Waals surface area contributed by atoms with Gasteiger partial charge in [0.15, 0.2) is 5.78 Å². The number of carbonyl (C=O) groups is 1. The number of pyridine rings is 1. The number of carbonyl (C=O) groups excluding carboxylic acids is 1. The fourth-order valence-electron chi connectivity index (χ4n) is 6.13. The maximum absolute atomic E-state index is 10.0. The number of aromatic nitrogens is 1. The molecule has 0 atom stereocenters. The fourth-order valence-corrected chi connectivity index (χ4v) is 7.30. The fraction of sp³-hybridized carbons (Fsp3) is 0.231. The molecule has 4 aromatic carbocycles. The molecular formula is C39H40IrNO2Si-. The molecule has 1 heterocycles. The first-order valence-corrected chi connectivity index (χ1v) is 18.3. The van der Waals surface area contributed by atoms with E-state index in [-0.39, 0.29) is 37.1 Å². The first-order valence-electron chi connectivity index (χ1n) is 14.8. The summed E-state index contributed by atoms with van der Waals surface area (Å²) in [4.78, 5) is 15.0. The largest absolute Gasteiger partial charge is 0.512 e. The van der Waals surface area contributed by atoms with Crippen molar-refractivity contribution in [1.29, 1.82) is 0 Å². The van der Waals surface area contributed by atoms with Crippen LogP contribution in [-0.2, 0) is 30.3 Å². The van der Waals surface area contributed by atoms with Gasteiger partial charge in [0.1, 0.15) is 0 Å². The Morgan fingerprint density at radius 1 is 0.886 bits per heavy atom. The van der Waals surface area contributed by atoms with Crippen molar-refractivity contribution >= 4 is 29.8 Å². The third-order valence-electron chi connectivity index (χ3n) is 8.29. The van der Waals surface area contributed by atoms with Crippen molar-refractivity contribution in [2.24, 2.45) is 0 Å². The first kappa shape index (κ1) is 33.3. The van der Waals surface area contributed by atoms with Crippen LogP contribution < -0.4 is 5.19 Å². The molecule has 0 saturated carbocycles. The van der Waals surface area contributed by atoms with Gasteiger partial charge in [-0.05, 0) is 59.4 Å². The SMILES string of the molecule is CC(=O)/C=C(/C)O.Cc1cc(-c2nccc3c2C(C)(C)c2cc(-c4ccc([Si](C)(C)C)cc4)ccc2-3)[c-]c2ccccc12.[Ir]. The number of allylic oxidation sites excluding steroid dienone is 2. The number of fused-ring (bicyclic) bond motifs is 4. The van der Waals surface area contributed by atoms with Gasteiger partial charge in [0.2, 0.25) is 0 Å². The molecule has 0 aliphatic heterocycles. The maximum atomic E-state index is 10.0.